The Morgan fingerprint density at radius 2 is 1.88 bits per heavy atom. The molecule has 164 valence electrons. The van der Waals surface area contributed by atoms with E-state index in [1.165, 1.54) is 9.80 Å². The molecule has 0 aliphatic carbocycles. The summed E-state index contributed by atoms with van der Waals surface area (Å²) in [4.78, 5) is 41.5. The molecule has 0 radical (unpaired) electrons. The summed E-state index contributed by atoms with van der Waals surface area (Å²) in [5.74, 6) is -2.18. The van der Waals surface area contributed by atoms with Gasteiger partial charge in [0.15, 0.2) is 0 Å². The highest BCUT2D eigenvalue weighted by atomic mass is 35.5. The molecule has 0 unspecified atom stereocenters. The van der Waals surface area contributed by atoms with Gasteiger partial charge in [-0.25, -0.2) is 4.79 Å². The molecule has 0 aromatic heterocycles. The maximum absolute atomic E-state index is 14.0. The standard InChI is InChI=1S/C23H16ClN5O4/c24-12-5-7-13(8-6-12)29-17-11-33-21(31)19(17)23(15(9-25)20(29)27)14-3-1-2-4-16(14)28(22(23)32)10-18(26)30/h1-8H,10-11,27H2,(H2,26,30)/t23-/m1/s1. The molecule has 33 heavy (non-hydrogen) atoms. The monoisotopic (exact) mass is 461 g/mol. The van der Waals surface area contributed by atoms with Crippen LogP contribution in [0.1, 0.15) is 5.56 Å². The van der Waals surface area contributed by atoms with Crippen molar-refractivity contribution in [3.8, 4) is 6.07 Å². The fourth-order valence-electron chi connectivity index (χ4n) is 4.79. The molecule has 1 spiro atoms. The number of para-hydroxylation sites is 1. The number of rotatable bonds is 3. The first-order valence-electron chi connectivity index (χ1n) is 9.89. The van der Waals surface area contributed by atoms with Gasteiger partial charge in [-0.05, 0) is 30.3 Å². The number of carbonyl (C=O) groups is 3. The van der Waals surface area contributed by atoms with Gasteiger partial charge in [0.2, 0.25) is 11.8 Å². The van der Waals surface area contributed by atoms with Crippen molar-refractivity contribution in [2.75, 3.05) is 23.0 Å². The van der Waals surface area contributed by atoms with Gasteiger partial charge in [0.25, 0.3) is 0 Å². The first-order valence-corrected chi connectivity index (χ1v) is 10.3. The van der Waals surface area contributed by atoms with Crippen LogP contribution in [0.5, 0.6) is 0 Å². The summed E-state index contributed by atoms with van der Waals surface area (Å²) >= 11 is 6.02. The Hall–Kier alpha value is -4.29. The van der Waals surface area contributed by atoms with Crippen molar-refractivity contribution in [1.82, 2.24) is 0 Å². The Labute approximate surface area is 193 Å². The van der Waals surface area contributed by atoms with Crippen LogP contribution in [0.4, 0.5) is 11.4 Å². The van der Waals surface area contributed by atoms with Gasteiger partial charge in [0.05, 0.1) is 16.8 Å². The lowest BCUT2D eigenvalue weighted by molar-refractivity contribution is -0.137. The van der Waals surface area contributed by atoms with Crippen molar-refractivity contribution in [2.24, 2.45) is 11.5 Å². The normalized spacial score (nSPS) is 21.3. The van der Waals surface area contributed by atoms with Crippen molar-refractivity contribution >= 4 is 40.8 Å². The zero-order chi connectivity index (χ0) is 23.5. The van der Waals surface area contributed by atoms with Gasteiger partial charge in [-0.2, -0.15) is 5.26 Å². The predicted octanol–water partition coefficient (Wildman–Crippen LogP) is 1.43. The molecular formula is C23H16ClN5O4. The number of nitrogens with two attached hydrogens (primary N) is 2. The number of hydrogen-bond donors (Lipinski definition) is 2. The maximum atomic E-state index is 14.0. The van der Waals surface area contributed by atoms with E-state index in [0.29, 0.717) is 27.7 Å². The van der Waals surface area contributed by atoms with Crippen molar-refractivity contribution in [3.63, 3.8) is 0 Å². The zero-order valence-corrected chi connectivity index (χ0v) is 17.8. The van der Waals surface area contributed by atoms with Crippen LogP contribution in [0.25, 0.3) is 0 Å². The van der Waals surface area contributed by atoms with E-state index in [0.717, 1.165) is 0 Å². The Bertz CT molecular complexity index is 1360. The molecule has 1 atom stereocenters. The number of hydrogen-bond acceptors (Lipinski definition) is 7. The van der Waals surface area contributed by atoms with Gasteiger partial charge >= 0.3 is 5.97 Å². The lowest BCUT2D eigenvalue weighted by Gasteiger charge is -2.38. The molecule has 0 bridgehead atoms. The van der Waals surface area contributed by atoms with Crippen molar-refractivity contribution in [1.29, 1.82) is 5.26 Å². The predicted molar refractivity (Wildman–Crippen MR) is 118 cm³/mol. The third-order valence-electron chi connectivity index (χ3n) is 6.03. The van der Waals surface area contributed by atoms with Crippen LogP contribution in [0.15, 0.2) is 71.2 Å². The minimum absolute atomic E-state index is 0.00683. The Morgan fingerprint density at radius 3 is 2.55 bits per heavy atom. The lowest BCUT2D eigenvalue weighted by Crippen LogP contribution is -2.51. The molecule has 4 N–H and O–H groups in total. The Kier molecular flexibility index (Phi) is 4.44. The number of amides is 2. The van der Waals surface area contributed by atoms with Gasteiger partial charge in [0, 0.05) is 22.0 Å². The lowest BCUT2D eigenvalue weighted by atomic mass is 9.67. The Morgan fingerprint density at radius 1 is 1.18 bits per heavy atom. The van der Waals surface area contributed by atoms with Crippen LogP contribution in [0, 0.1) is 11.3 Å². The summed E-state index contributed by atoms with van der Waals surface area (Å²) in [5, 5.41) is 10.7. The molecular weight excluding hydrogens is 446 g/mol. The van der Waals surface area contributed by atoms with E-state index in [9.17, 15) is 19.6 Å². The van der Waals surface area contributed by atoms with Gasteiger partial charge in [-0.1, -0.05) is 29.8 Å². The third kappa shape index (κ3) is 2.61. The smallest absolute Gasteiger partial charge is 0.338 e. The second-order valence-corrected chi connectivity index (χ2v) is 8.14. The number of primary amides is 1. The average molecular weight is 462 g/mol. The van der Waals surface area contributed by atoms with E-state index >= 15 is 0 Å². The first-order chi connectivity index (χ1) is 15.8. The van der Waals surface area contributed by atoms with Crippen LogP contribution in [0.2, 0.25) is 5.02 Å². The summed E-state index contributed by atoms with van der Waals surface area (Å²) in [6.45, 7) is -0.571. The second-order valence-electron chi connectivity index (χ2n) is 7.71. The van der Waals surface area contributed by atoms with Crippen LogP contribution in [-0.4, -0.2) is 30.9 Å². The topological polar surface area (TPSA) is 143 Å². The Balaban J connectivity index is 1.84. The van der Waals surface area contributed by atoms with Crippen molar-refractivity contribution in [2.45, 2.75) is 5.41 Å². The average Bonchev–Trinajstić information content (AvgIpc) is 3.28. The molecule has 5 rings (SSSR count). The highest BCUT2D eigenvalue weighted by molar-refractivity contribution is 6.30. The number of anilines is 2. The van der Waals surface area contributed by atoms with Gasteiger partial charge < -0.3 is 21.1 Å². The fourth-order valence-corrected chi connectivity index (χ4v) is 4.92. The summed E-state index contributed by atoms with van der Waals surface area (Å²) in [6, 6.07) is 15.3. The number of fused-ring (bicyclic) bond motifs is 3. The summed E-state index contributed by atoms with van der Waals surface area (Å²) in [6.07, 6.45) is 0. The number of ether oxygens (including phenoxy) is 1. The molecule has 2 aromatic carbocycles. The first kappa shape index (κ1) is 20.6. The van der Waals surface area contributed by atoms with Crippen molar-refractivity contribution < 1.29 is 19.1 Å². The highest BCUT2D eigenvalue weighted by Gasteiger charge is 2.64. The van der Waals surface area contributed by atoms with Gasteiger partial charge in [0.1, 0.15) is 30.5 Å². The maximum Gasteiger partial charge on any atom is 0.338 e. The van der Waals surface area contributed by atoms with Crippen molar-refractivity contribution in [3.05, 3.63) is 81.8 Å². The van der Waals surface area contributed by atoms with Crippen LogP contribution in [0.3, 0.4) is 0 Å². The number of nitriles is 1. The summed E-state index contributed by atoms with van der Waals surface area (Å²) in [7, 11) is 0. The number of esters is 1. The molecule has 9 nitrogen and oxygen atoms in total. The minimum atomic E-state index is -1.85. The molecule has 2 amide bonds. The van der Waals surface area contributed by atoms with Crippen LogP contribution < -0.4 is 21.3 Å². The van der Waals surface area contributed by atoms with E-state index in [2.05, 4.69) is 6.07 Å². The number of halogens is 1. The summed E-state index contributed by atoms with van der Waals surface area (Å²) < 4.78 is 5.35. The zero-order valence-electron chi connectivity index (χ0n) is 17.0. The van der Waals surface area contributed by atoms with E-state index in [4.69, 9.17) is 27.8 Å². The van der Waals surface area contributed by atoms with E-state index in [1.807, 2.05) is 0 Å². The third-order valence-corrected chi connectivity index (χ3v) is 6.28. The largest absolute Gasteiger partial charge is 0.456 e. The SMILES string of the molecule is N#CC1=C(N)N(c2ccc(Cl)cc2)C2=C(C(=O)OC2)[C@]12C(=O)N(CC(N)=O)c1ccccc12. The molecule has 3 heterocycles. The van der Waals surface area contributed by atoms with Gasteiger partial charge in [-0.15, -0.1) is 0 Å². The summed E-state index contributed by atoms with van der Waals surface area (Å²) in [5.41, 5.74) is 11.5. The minimum Gasteiger partial charge on any atom is -0.456 e. The highest BCUT2D eigenvalue weighted by Crippen LogP contribution is 2.56. The fraction of sp³-hybridized carbons (Fsp3) is 0.130. The van der Waals surface area contributed by atoms with E-state index in [-0.39, 0.29) is 23.6 Å². The van der Waals surface area contributed by atoms with Gasteiger partial charge in [-0.3, -0.25) is 14.5 Å². The number of benzene rings is 2. The quantitative estimate of drug-likeness (QED) is 0.658. The molecule has 3 aliphatic heterocycles. The van der Waals surface area contributed by atoms with E-state index in [1.54, 1.807) is 48.5 Å². The molecule has 3 aliphatic rings. The van der Waals surface area contributed by atoms with Crippen LogP contribution in [-0.2, 0) is 24.5 Å². The van der Waals surface area contributed by atoms with Crippen LogP contribution >= 0.6 is 11.6 Å². The second kappa shape index (κ2) is 7.12. The number of carbonyl (C=O) groups excluding carboxylic acids is 3. The molecule has 10 heteroatoms. The number of nitrogens with zero attached hydrogens (tertiary/aromatic N) is 3. The molecule has 0 saturated carbocycles. The number of cyclic esters (lactones) is 1. The molecule has 0 fully saturated rings. The molecule has 2 aromatic rings. The molecule has 0 saturated heterocycles. The van der Waals surface area contributed by atoms with E-state index < -0.39 is 29.7 Å².